The van der Waals surface area contributed by atoms with Crippen LogP contribution in [0.1, 0.15) is 50.7 Å². The monoisotopic (exact) mass is 553 g/mol. The van der Waals surface area contributed by atoms with E-state index < -0.39 is 65.4 Å². The zero-order chi connectivity index (χ0) is 28.0. The summed E-state index contributed by atoms with van der Waals surface area (Å²) in [5, 5.41) is 27.1. The van der Waals surface area contributed by atoms with Crippen LogP contribution >= 0.6 is 11.6 Å². The Morgan fingerprint density at radius 1 is 1.21 bits per heavy atom. The third-order valence-corrected chi connectivity index (χ3v) is 7.58. The van der Waals surface area contributed by atoms with Gasteiger partial charge in [0.15, 0.2) is 11.6 Å². The van der Waals surface area contributed by atoms with Crippen LogP contribution in [-0.4, -0.2) is 53.4 Å². The lowest BCUT2D eigenvalue weighted by Gasteiger charge is -2.37. The Hall–Kier alpha value is -2.66. The van der Waals surface area contributed by atoms with Gasteiger partial charge < -0.3 is 26.2 Å². The highest BCUT2D eigenvalue weighted by atomic mass is 35.5. The van der Waals surface area contributed by atoms with Crippen molar-refractivity contribution in [3.63, 3.8) is 0 Å². The summed E-state index contributed by atoms with van der Waals surface area (Å²) in [6.07, 6.45) is -0.654. The molecule has 0 aromatic heterocycles. The van der Waals surface area contributed by atoms with Crippen molar-refractivity contribution in [1.29, 1.82) is 0 Å². The number of rotatable bonds is 7. The second-order valence-corrected chi connectivity index (χ2v) is 11.5. The molecule has 1 spiro atoms. The van der Waals surface area contributed by atoms with Crippen molar-refractivity contribution in [3.05, 3.63) is 63.9 Å². The van der Waals surface area contributed by atoms with Gasteiger partial charge in [0, 0.05) is 30.3 Å². The molecule has 0 bridgehead atoms. The Morgan fingerprint density at radius 2 is 1.89 bits per heavy atom. The number of nitrogens with one attached hydrogen (secondary N) is 3. The lowest BCUT2D eigenvalue weighted by Crippen LogP contribution is -2.49. The average molecular weight is 554 g/mol. The fourth-order valence-corrected chi connectivity index (χ4v) is 5.91. The standard InChI is InChI=1S/C27H31ClF3N3O4/c1-26(2,3)11-20-27(15-9-17(29)18(30)10-19(15)33-25(27)38)21(14-5-4-6-16(28)22(14)31)23(34-20)24(37)32-8-7-13(36)12-35/h4-6,9-10,13,20-21,23,34-36H,7-8,11-12H2,1-3H3,(H,32,37)(H,33,38)/t13-,20+,21-,23+,27-/m0/s1. The summed E-state index contributed by atoms with van der Waals surface area (Å²) in [7, 11) is 0. The fourth-order valence-electron chi connectivity index (χ4n) is 5.73. The highest BCUT2D eigenvalue weighted by molar-refractivity contribution is 6.30. The maximum Gasteiger partial charge on any atom is 0.237 e. The van der Waals surface area contributed by atoms with Crippen LogP contribution in [0.15, 0.2) is 30.3 Å². The summed E-state index contributed by atoms with van der Waals surface area (Å²) >= 11 is 6.12. The van der Waals surface area contributed by atoms with E-state index in [9.17, 15) is 23.5 Å². The van der Waals surface area contributed by atoms with E-state index in [-0.39, 0.29) is 40.2 Å². The van der Waals surface area contributed by atoms with Gasteiger partial charge in [-0.25, -0.2) is 13.2 Å². The zero-order valence-corrected chi connectivity index (χ0v) is 22.0. The number of amides is 2. The van der Waals surface area contributed by atoms with E-state index in [1.807, 2.05) is 20.8 Å². The molecule has 5 atom stereocenters. The number of carbonyl (C=O) groups excluding carboxylic acids is 2. The van der Waals surface area contributed by atoms with Crippen molar-refractivity contribution in [1.82, 2.24) is 10.6 Å². The molecule has 1 fully saturated rings. The number of hydrogen-bond donors (Lipinski definition) is 5. The molecule has 4 rings (SSSR count). The molecule has 0 saturated carbocycles. The molecule has 1 saturated heterocycles. The van der Waals surface area contributed by atoms with E-state index in [0.717, 1.165) is 12.1 Å². The van der Waals surface area contributed by atoms with E-state index in [4.69, 9.17) is 16.7 Å². The molecule has 2 amide bonds. The highest BCUT2D eigenvalue weighted by Crippen LogP contribution is 2.57. The summed E-state index contributed by atoms with van der Waals surface area (Å²) in [6, 6.07) is 4.13. The average Bonchev–Trinajstić information content (AvgIpc) is 3.30. The first-order chi connectivity index (χ1) is 17.8. The number of aliphatic hydroxyl groups is 2. The summed E-state index contributed by atoms with van der Waals surface area (Å²) in [6.45, 7) is 5.31. The van der Waals surface area contributed by atoms with Gasteiger partial charge in [-0.2, -0.15) is 0 Å². The van der Waals surface area contributed by atoms with Crippen LogP contribution in [-0.2, 0) is 15.0 Å². The zero-order valence-electron chi connectivity index (χ0n) is 21.2. The summed E-state index contributed by atoms with van der Waals surface area (Å²) in [5.74, 6) is -5.54. The molecule has 5 N–H and O–H groups in total. The number of anilines is 1. The number of benzene rings is 2. The van der Waals surface area contributed by atoms with Crippen LogP contribution in [0.5, 0.6) is 0 Å². The van der Waals surface area contributed by atoms with Gasteiger partial charge in [0.25, 0.3) is 0 Å². The van der Waals surface area contributed by atoms with Crippen molar-refractivity contribution in [2.75, 3.05) is 18.5 Å². The van der Waals surface area contributed by atoms with Crippen LogP contribution < -0.4 is 16.0 Å². The van der Waals surface area contributed by atoms with Crippen molar-refractivity contribution in [3.8, 4) is 0 Å². The second kappa shape index (κ2) is 10.5. The Kier molecular flexibility index (Phi) is 7.82. The first-order valence-corrected chi connectivity index (χ1v) is 12.8. The van der Waals surface area contributed by atoms with Gasteiger partial charge in [0.1, 0.15) is 11.2 Å². The molecule has 0 aliphatic carbocycles. The molecule has 38 heavy (non-hydrogen) atoms. The van der Waals surface area contributed by atoms with E-state index in [1.165, 1.54) is 18.2 Å². The molecule has 2 aromatic carbocycles. The van der Waals surface area contributed by atoms with Gasteiger partial charge in [-0.3, -0.25) is 9.59 Å². The minimum absolute atomic E-state index is 0.00302. The molecule has 7 nitrogen and oxygen atoms in total. The number of aliphatic hydroxyl groups excluding tert-OH is 2. The third-order valence-electron chi connectivity index (χ3n) is 7.29. The Bertz CT molecular complexity index is 1250. The minimum atomic E-state index is -1.69. The third kappa shape index (κ3) is 4.90. The number of carbonyl (C=O) groups is 2. The van der Waals surface area contributed by atoms with Gasteiger partial charge in [0.05, 0.1) is 23.8 Å². The molecule has 0 radical (unpaired) electrons. The smallest absolute Gasteiger partial charge is 0.237 e. The quantitative estimate of drug-likeness (QED) is 0.361. The molecular weight excluding hydrogens is 523 g/mol. The van der Waals surface area contributed by atoms with E-state index in [1.54, 1.807) is 0 Å². The van der Waals surface area contributed by atoms with Gasteiger partial charge in [-0.15, -0.1) is 0 Å². The van der Waals surface area contributed by atoms with Gasteiger partial charge in [0.2, 0.25) is 11.8 Å². The van der Waals surface area contributed by atoms with Crippen molar-refractivity contribution in [2.45, 2.75) is 63.1 Å². The SMILES string of the molecule is CC(C)(C)C[C@H]1N[C@@H](C(=O)NCC[C@H](O)CO)[C@H](c2cccc(Cl)c2F)[C@@]12C(=O)Nc1cc(F)c(F)cc12. The first kappa shape index (κ1) is 28.4. The molecule has 11 heteroatoms. The highest BCUT2D eigenvalue weighted by Gasteiger charge is 2.66. The number of halogens is 4. The van der Waals surface area contributed by atoms with Gasteiger partial charge >= 0.3 is 0 Å². The summed E-state index contributed by atoms with van der Waals surface area (Å²) in [4.78, 5) is 27.5. The molecule has 2 aromatic rings. The first-order valence-electron chi connectivity index (χ1n) is 12.4. The summed E-state index contributed by atoms with van der Waals surface area (Å²) in [5.41, 5.74) is -1.92. The van der Waals surface area contributed by atoms with E-state index in [2.05, 4.69) is 16.0 Å². The van der Waals surface area contributed by atoms with Gasteiger partial charge in [-0.05, 0) is 41.5 Å². The molecule has 2 heterocycles. The topological polar surface area (TPSA) is 111 Å². The van der Waals surface area contributed by atoms with Crippen molar-refractivity contribution in [2.24, 2.45) is 5.41 Å². The largest absolute Gasteiger partial charge is 0.394 e. The number of fused-ring (bicyclic) bond motifs is 2. The van der Waals surface area contributed by atoms with Crippen LogP contribution in [0.3, 0.4) is 0 Å². The maximum atomic E-state index is 15.6. The lowest BCUT2D eigenvalue weighted by atomic mass is 9.62. The van der Waals surface area contributed by atoms with E-state index in [0.29, 0.717) is 6.42 Å². The fraction of sp³-hybridized carbons (Fsp3) is 0.481. The van der Waals surface area contributed by atoms with Gasteiger partial charge in [-0.1, -0.05) is 44.5 Å². The molecular formula is C27H31ClF3N3O4. The molecule has 0 unspecified atom stereocenters. The van der Waals surface area contributed by atoms with E-state index >= 15 is 4.39 Å². The predicted octanol–water partition coefficient (Wildman–Crippen LogP) is 3.37. The van der Waals surface area contributed by atoms with Crippen molar-refractivity contribution < 1.29 is 33.0 Å². The van der Waals surface area contributed by atoms with Crippen LogP contribution in [0.2, 0.25) is 5.02 Å². The minimum Gasteiger partial charge on any atom is -0.394 e. The van der Waals surface area contributed by atoms with Crippen molar-refractivity contribution >= 4 is 29.1 Å². The van der Waals surface area contributed by atoms with Crippen LogP contribution in [0, 0.1) is 22.9 Å². The Morgan fingerprint density at radius 3 is 2.55 bits per heavy atom. The Balaban J connectivity index is 1.92. The molecule has 2 aliphatic rings. The normalized spacial score (nSPS) is 25.4. The van der Waals surface area contributed by atoms with Crippen LogP contribution in [0.25, 0.3) is 0 Å². The summed E-state index contributed by atoms with van der Waals surface area (Å²) < 4.78 is 44.5. The molecule has 2 aliphatic heterocycles. The maximum absolute atomic E-state index is 15.6. The lowest BCUT2D eigenvalue weighted by molar-refractivity contribution is -0.124. The predicted molar refractivity (Wildman–Crippen MR) is 136 cm³/mol. The Labute approximate surface area is 223 Å². The second-order valence-electron chi connectivity index (χ2n) is 11.1. The van der Waals surface area contributed by atoms with Crippen LogP contribution in [0.4, 0.5) is 18.9 Å². The number of hydrogen-bond acceptors (Lipinski definition) is 5. The molecule has 206 valence electrons.